The lowest BCUT2D eigenvalue weighted by molar-refractivity contribution is -0.155. The highest BCUT2D eigenvalue weighted by molar-refractivity contribution is 5.81. The molecule has 30 heavy (non-hydrogen) atoms. The number of hydrogen-bond acceptors (Lipinski definition) is 2. The molecule has 4 aromatic rings. The van der Waals surface area contributed by atoms with E-state index in [1.54, 1.807) is 0 Å². The number of aromatic amines is 1. The van der Waals surface area contributed by atoms with Gasteiger partial charge in [0.15, 0.2) is 0 Å². The number of benzene rings is 3. The number of aromatic nitrogens is 1. The number of carbonyl (C=O) groups is 1. The first-order valence-electron chi connectivity index (χ1n) is 10.3. The predicted octanol–water partition coefficient (Wildman–Crippen LogP) is 6.70. The molecule has 3 heteroatoms. The van der Waals surface area contributed by atoms with Gasteiger partial charge >= 0.3 is 5.97 Å². The van der Waals surface area contributed by atoms with E-state index in [1.807, 2.05) is 51.1 Å². The quantitative estimate of drug-likeness (QED) is 0.381. The number of hydrogen-bond donors (Lipinski definition) is 1. The van der Waals surface area contributed by atoms with Crippen LogP contribution < -0.4 is 0 Å². The number of carbonyl (C=O) groups excluding carboxylic acids is 1. The van der Waals surface area contributed by atoms with Crippen molar-refractivity contribution in [1.82, 2.24) is 4.98 Å². The zero-order valence-electron chi connectivity index (χ0n) is 17.7. The molecule has 1 N–H and O–H groups in total. The van der Waals surface area contributed by atoms with Crippen LogP contribution in [0.15, 0.2) is 84.9 Å². The van der Waals surface area contributed by atoms with E-state index in [1.165, 1.54) is 5.56 Å². The summed E-state index contributed by atoms with van der Waals surface area (Å²) < 4.78 is 5.63. The van der Waals surface area contributed by atoms with Crippen LogP contribution in [0.1, 0.15) is 44.4 Å². The molecule has 1 heterocycles. The third kappa shape index (κ3) is 4.62. The molecule has 1 aromatic heterocycles. The summed E-state index contributed by atoms with van der Waals surface area (Å²) in [5, 5.41) is 1.14. The minimum Gasteiger partial charge on any atom is -0.460 e. The summed E-state index contributed by atoms with van der Waals surface area (Å²) in [4.78, 5) is 16.2. The first-order chi connectivity index (χ1) is 14.4. The van der Waals surface area contributed by atoms with E-state index in [0.29, 0.717) is 0 Å². The molecule has 0 saturated carbocycles. The zero-order chi connectivity index (χ0) is 21.1. The third-order valence-corrected chi connectivity index (χ3v) is 5.14. The third-order valence-electron chi connectivity index (χ3n) is 5.14. The molecule has 152 valence electrons. The van der Waals surface area contributed by atoms with Crippen molar-refractivity contribution in [2.24, 2.45) is 0 Å². The molecule has 0 aliphatic heterocycles. The summed E-state index contributed by atoms with van der Waals surface area (Å²) in [7, 11) is 0. The number of ether oxygens (including phenoxy) is 1. The van der Waals surface area contributed by atoms with Crippen molar-refractivity contribution in [2.45, 2.75) is 38.7 Å². The van der Waals surface area contributed by atoms with Crippen molar-refractivity contribution < 1.29 is 9.53 Å². The van der Waals surface area contributed by atoms with E-state index in [0.717, 1.165) is 27.7 Å². The number of rotatable bonds is 5. The Hall–Kier alpha value is -3.33. The molecule has 3 nitrogen and oxygen atoms in total. The monoisotopic (exact) mass is 397 g/mol. The topological polar surface area (TPSA) is 42.1 Å². The summed E-state index contributed by atoms with van der Waals surface area (Å²) in [5.41, 5.74) is 5.02. The molecule has 0 aliphatic rings. The average molecular weight is 398 g/mol. The molecule has 0 saturated heterocycles. The van der Waals surface area contributed by atoms with Gasteiger partial charge in [-0.05, 0) is 55.0 Å². The summed E-state index contributed by atoms with van der Waals surface area (Å²) in [5.74, 6) is -0.296. The molecular weight excluding hydrogens is 370 g/mol. The van der Waals surface area contributed by atoms with Gasteiger partial charge < -0.3 is 9.72 Å². The SMILES string of the molecule is CC(C)(C)OC(=O)CC(c1ccc(-c2ccccc2)cc1)c1cc2ccccc2[nH]1. The minimum atomic E-state index is -0.501. The maximum atomic E-state index is 12.7. The van der Waals surface area contributed by atoms with Crippen molar-refractivity contribution >= 4 is 16.9 Å². The molecule has 0 amide bonds. The Morgan fingerprint density at radius 1 is 0.867 bits per heavy atom. The number of fused-ring (bicyclic) bond motifs is 1. The fourth-order valence-electron chi connectivity index (χ4n) is 3.78. The van der Waals surface area contributed by atoms with Crippen LogP contribution in [0.5, 0.6) is 0 Å². The van der Waals surface area contributed by atoms with Crippen LogP contribution in [0, 0.1) is 0 Å². The van der Waals surface area contributed by atoms with Gasteiger partial charge in [0.25, 0.3) is 0 Å². The average Bonchev–Trinajstić information content (AvgIpc) is 3.15. The first-order valence-corrected chi connectivity index (χ1v) is 10.3. The highest BCUT2D eigenvalue weighted by atomic mass is 16.6. The summed E-state index contributed by atoms with van der Waals surface area (Å²) in [6, 6.07) is 29.1. The second-order valence-electron chi connectivity index (χ2n) is 8.64. The molecule has 1 atom stereocenters. The van der Waals surface area contributed by atoms with Crippen LogP contribution >= 0.6 is 0 Å². The number of H-pyrrole nitrogens is 1. The van der Waals surface area contributed by atoms with Crippen molar-refractivity contribution in [3.05, 3.63) is 96.2 Å². The molecule has 0 aliphatic carbocycles. The zero-order valence-corrected chi connectivity index (χ0v) is 17.7. The fraction of sp³-hybridized carbons (Fsp3) is 0.222. The van der Waals surface area contributed by atoms with Gasteiger partial charge in [-0.2, -0.15) is 0 Å². The van der Waals surface area contributed by atoms with E-state index in [-0.39, 0.29) is 18.3 Å². The summed E-state index contributed by atoms with van der Waals surface area (Å²) in [6.07, 6.45) is 0.286. The second kappa shape index (κ2) is 8.19. The molecule has 0 radical (unpaired) electrons. The Morgan fingerprint density at radius 2 is 1.50 bits per heavy atom. The predicted molar refractivity (Wildman–Crippen MR) is 122 cm³/mol. The van der Waals surface area contributed by atoms with Crippen molar-refractivity contribution in [2.75, 3.05) is 0 Å². The van der Waals surface area contributed by atoms with Gasteiger partial charge in [0, 0.05) is 17.1 Å². The summed E-state index contributed by atoms with van der Waals surface area (Å²) >= 11 is 0. The van der Waals surface area contributed by atoms with E-state index < -0.39 is 5.60 Å². The Morgan fingerprint density at radius 3 is 2.17 bits per heavy atom. The van der Waals surface area contributed by atoms with Gasteiger partial charge in [-0.25, -0.2) is 0 Å². The van der Waals surface area contributed by atoms with Gasteiger partial charge in [-0.15, -0.1) is 0 Å². The van der Waals surface area contributed by atoms with Crippen LogP contribution in [-0.2, 0) is 9.53 Å². The minimum absolute atomic E-state index is 0.0999. The maximum absolute atomic E-state index is 12.7. The highest BCUT2D eigenvalue weighted by Gasteiger charge is 2.24. The van der Waals surface area contributed by atoms with Crippen molar-refractivity contribution in [3.8, 4) is 11.1 Å². The second-order valence-corrected chi connectivity index (χ2v) is 8.64. The smallest absolute Gasteiger partial charge is 0.307 e. The van der Waals surface area contributed by atoms with Crippen molar-refractivity contribution in [3.63, 3.8) is 0 Å². The lowest BCUT2D eigenvalue weighted by atomic mass is 9.91. The van der Waals surface area contributed by atoms with Crippen LogP contribution in [0.2, 0.25) is 0 Å². The molecule has 4 rings (SSSR count). The van der Waals surface area contributed by atoms with Crippen molar-refractivity contribution in [1.29, 1.82) is 0 Å². The Bertz CT molecular complexity index is 1100. The van der Waals surface area contributed by atoms with Gasteiger partial charge in [-0.3, -0.25) is 4.79 Å². The van der Waals surface area contributed by atoms with Crippen LogP contribution in [0.25, 0.3) is 22.0 Å². The van der Waals surface area contributed by atoms with E-state index >= 15 is 0 Å². The van der Waals surface area contributed by atoms with Crippen LogP contribution in [0.4, 0.5) is 0 Å². The summed E-state index contributed by atoms with van der Waals surface area (Å²) in [6.45, 7) is 5.70. The largest absolute Gasteiger partial charge is 0.460 e. The molecule has 0 spiro atoms. The van der Waals surface area contributed by atoms with Gasteiger partial charge in [0.2, 0.25) is 0 Å². The molecular formula is C27H27NO2. The van der Waals surface area contributed by atoms with E-state index in [2.05, 4.69) is 59.6 Å². The number of esters is 1. The molecule has 1 unspecified atom stereocenters. The lowest BCUT2D eigenvalue weighted by Crippen LogP contribution is -2.25. The Balaban J connectivity index is 1.68. The van der Waals surface area contributed by atoms with E-state index in [4.69, 9.17) is 4.74 Å². The van der Waals surface area contributed by atoms with E-state index in [9.17, 15) is 4.79 Å². The van der Waals surface area contributed by atoms with Crippen LogP contribution in [0.3, 0.4) is 0 Å². The number of para-hydroxylation sites is 1. The highest BCUT2D eigenvalue weighted by Crippen LogP contribution is 2.32. The maximum Gasteiger partial charge on any atom is 0.307 e. The van der Waals surface area contributed by atoms with Crippen LogP contribution in [-0.4, -0.2) is 16.6 Å². The molecule has 3 aromatic carbocycles. The van der Waals surface area contributed by atoms with Gasteiger partial charge in [-0.1, -0.05) is 72.8 Å². The lowest BCUT2D eigenvalue weighted by Gasteiger charge is -2.22. The Kier molecular flexibility index (Phi) is 5.45. The Labute approximate surface area is 177 Å². The van der Waals surface area contributed by atoms with Gasteiger partial charge in [0.1, 0.15) is 5.60 Å². The van der Waals surface area contributed by atoms with Gasteiger partial charge in [0.05, 0.1) is 6.42 Å². The first kappa shape index (κ1) is 20.0. The normalized spacial score (nSPS) is 12.6. The molecule has 0 bridgehead atoms. The standard InChI is InChI=1S/C27H27NO2/c1-27(2,3)30-26(29)18-23(25-17-22-11-7-8-12-24(22)28-25)21-15-13-20(14-16-21)19-9-5-4-6-10-19/h4-17,23,28H,18H2,1-3H3. The fourth-order valence-corrected chi connectivity index (χ4v) is 3.78. The molecule has 0 fully saturated rings. The number of nitrogens with one attached hydrogen (secondary N) is 1.